The third-order valence-corrected chi connectivity index (χ3v) is 3.75. The molecule has 0 aliphatic carbocycles. The molecule has 1 aromatic carbocycles. The second-order valence-corrected chi connectivity index (χ2v) is 5.06. The van der Waals surface area contributed by atoms with Crippen molar-refractivity contribution in [1.82, 2.24) is 9.47 Å². The minimum atomic E-state index is -0.0468. The normalized spacial score (nSPS) is 14.2. The highest BCUT2D eigenvalue weighted by molar-refractivity contribution is 6.02. The predicted molar refractivity (Wildman–Crippen MR) is 75.8 cm³/mol. The smallest absolute Gasteiger partial charge is 0.254 e. The molecular weight excluding hydrogens is 252 g/mol. The number of carbonyl (C=O) groups excluding carboxylic acids is 2. The van der Waals surface area contributed by atoms with Gasteiger partial charge in [0.1, 0.15) is 0 Å². The molecular formula is C16H16N2O2. The number of hydrogen-bond acceptors (Lipinski definition) is 2. The van der Waals surface area contributed by atoms with Gasteiger partial charge in [-0.2, -0.15) is 0 Å². The Morgan fingerprint density at radius 1 is 1.20 bits per heavy atom. The minimum Gasteiger partial charge on any atom is -0.348 e. The molecule has 0 fully saturated rings. The third kappa shape index (κ3) is 2.13. The first-order valence-electron chi connectivity index (χ1n) is 6.68. The molecule has 4 heteroatoms. The second kappa shape index (κ2) is 4.96. The lowest BCUT2D eigenvalue weighted by molar-refractivity contribution is 0.0693. The number of hydrogen-bond donors (Lipinski definition) is 0. The summed E-state index contributed by atoms with van der Waals surface area (Å²) in [5, 5.41) is 0. The van der Waals surface area contributed by atoms with Gasteiger partial charge in [-0.05, 0) is 30.2 Å². The number of nitrogens with zero attached hydrogens (tertiary/aromatic N) is 2. The van der Waals surface area contributed by atoms with Gasteiger partial charge in [-0.3, -0.25) is 9.59 Å². The fraction of sp³-hybridized carbons (Fsp3) is 0.250. The van der Waals surface area contributed by atoms with Gasteiger partial charge in [0.15, 0.2) is 5.78 Å². The zero-order chi connectivity index (χ0) is 14.1. The number of carbonyl (C=O) groups is 2. The molecule has 0 saturated carbocycles. The molecule has 0 N–H and O–H groups in total. The van der Waals surface area contributed by atoms with Crippen molar-refractivity contribution in [3.63, 3.8) is 0 Å². The van der Waals surface area contributed by atoms with E-state index in [1.807, 2.05) is 43.6 Å². The Balaban J connectivity index is 1.79. The first-order valence-corrected chi connectivity index (χ1v) is 6.68. The van der Waals surface area contributed by atoms with Gasteiger partial charge in [-0.25, -0.2) is 0 Å². The van der Waals surface area contributed by atoms with Crippen molar-refractivity contribution in [3.8, 4) is 0 Å². The van der Waals surface area contributed by atoms with Crippen LogP contribution in [0.3, 0.4) is 0 Å². The van der Waals surface area contributed by atoms with Crippen molar-refractivity contribution in [1.29, 1.82) is 0 Å². The monoisotopic (exact) mass is 268 g/mol. The van der Waals surface area contributed by atoms with E-state index in [0.29, 0.717) is 12.2 Å². The van der Waals surface area contributed by atoms with E-state index in [4.69, 9.17) is 0 Å². The van der Waals surface area contributed by atoms with E-state index in [0.717, 1.165) is 17.5 Å². The van der Waals surface area contributed by atoms with Gasteiger partial charge in [0.05, 0.1) is 12.2 Å². The molecule has 0 unspecified atom stereocenters. The third-order valence-electron chi connectivity index (χ3n) is 3.75. The van der Waals surface area contributed by atoms with Crippen LogP contribution in [-0.2, 0) is 13.5 Å². The van der Waals surface area contributed by atoms with Crippen molar-refractivity contribution in [2.24, 2.45) is 7.05 Å². The predicted octanol–water partition coefficient (Wildman–Crippen LogP) is 1.91. The van der Waals surface area contributed by atoms with Crippen molar-refractivity contribution in [3.05, 3.63) is 59.4 Å². The summed E-state index contributed by atoms with van der Waals surface area (Å²) in [4.78, 5) is 26.2. The number of aryl methyl sites for hydroxylation is 1. The summed E-state index contributed by atoms with van der Waals surface area (Å²) in [5.41, 5.74) is 2.43. The van der Waals surface area contributed by atoms with Gasteiger partial charge in [0.25, 0.3) is 5.91 Å². The lowest BCUT2D eigenvalue weighted by Crippen LogP contribution is -2.41. The van der Waals surface area contributed by atoms with Crippen LogP contribution in [0.15, 0.2) is 42.6 Å². The van der Waals surface area contributed by atoms with Crippen LogP contribution < -0.4 is 0 Å². The first kappa shape index (κ1) is 12.7. The van der Waals surface area contributed by atoms with Crippen molar-refractivity contribution in [2.45, 2.75) is 6.42 Å². The molecule has 1 amide bonds. The summed E-state index contributed by atoms with van der Waals surface area (Å²) in [5.74, 6) is -0.0698. The van der Waals surface area contributed by atoms with E-state index in [2.05, 4.69) is 0 Å². The zero-order valence-electron chi connectivity index (χ0n) is 11.4. The van der Waals surface area contributed by atoms with Crippen LogP contribution in [0.1, 0.15) is 26.4 Å². The number of rotatable bonds is 3. The number of benzene rings is 1. The molecule has 0 bridgehead atoms. The van der Waals surface area contributed by atoms with Crippen LogP contribution in [0.25, 0.3) is 0 Å². The highest BCUT2D eigenvalue weighted by atomic mass is 16.2. The molecule has 3 rings (SSSR count). The second-order valence-electron chi connectivity index (χ2n) is 5.06. The molecule has 0 spiro atoms. The summed E-state index contributed by atoms with van der Waals surface area (Å²) >= 11 is 0. The molecule has 4 nitrogen and oxygen atoms in total. The van der Waals surface area contributed by atoms with Gasteiger partial charge in [0, 0.05) is 25.4 Å². The van der Waals surface area contributed by atoms with E-state index in [-0.39, 0.29) is 18.2 Å². The average Bonchev–Trinajstić information content (AvgIpc) is 2.88. The molecule has 0 atom stereocenters. The van der Waals surface area contributed by atoms with Crippen molar-refractivity contribution < 1.29 is 9.59 Å². The quantitative estimate of drug-likeness (QED) is 0.798. The van der Waals surface area contributed by atoms with E-state index in [9.17, 15) is 9.59 Å². The summed E-state index contributed by atoms with van der Waals surface area (Å²) < 4.78 is 1.78. The molecule has 1 aliphatic rings. The molecule has 0 saturated heterocycles. The van der Waals surface area contributed by atoms with Crippen LogP contribution in [0.2, 0.25) is 0 Å². The average molecular weight is 268 g/mol. The van der Waals surface area contributed by atoms with Crippen molar-refractivity contribution >= 4 is 11.7 Å². The summed E-state index contributed by atoms with van der Waals surface area (Å²) in [6, 6.07) is 11.2. The van der Waals surface area contributed by atoms with E-state index in [1.165, 1.54) is 0 Å². The summed E-state index contributed by atoms with van der Waals surface area (Å²) in [6.07, 6.45) is 2.64. The molecule has 2 aromatic rings. The van der Waals surface area contributed by atoms with Gasteiger partial charge in [-0.1, -0.05) is 18.2 Å². The van der Waals surface area contributed by atoms with Crippen molar-refractivity contribution in [2.75, 3.05) is 13.1 Å². The molecule has 102 valence electrons. The fourth-order valence-corrected chi connectivity index (χ4v) is 2.63. The van der Waals surface area contributed by atoms with E-state index in [1.54, 1.807) is 15.5 Å². The summed E-state index contributed by atoms with van der Waals surface area (Å²) in [7, 11) is 1.83. The molecule has 0 radical (unpaired) electrons. The van der Waals surface area contributed by atoms with Gasteiger partial charge >= 0.3 is 0 Å². The molecule has 1 aromatic heterocycles. The van der Waals surface area contributed by atoms with E-state index >= 15 is 0 Å². The Labute approximate surface area is 117 Å². The van der Waals surface area contributed by atoms with Crippen LogP contribution in [0, 0.1) is 0 Å². The number of fused-ring (bicyclic) bond motifs is 1. The lowest BCUT2D eigenvalue weighted by Gasteiger charge is -2.27. The maximum Gasteiger partial charge on any atom is 0.254 e. The maximum absolute atomic E-state index is 12.4. The Hall–Kier alpha value is -2.36. The van der Waals surface area contributed by atoms with E-state index < -0.39 is 0 Å². The summed E-state index contributed by atoms with van der Waals surface area (Å²) in [6.45, 7) is 0.747. The molecule has 20 heavy (non-hydrogen) atoms. The van der Waals surface area contributed by atoms with Gasteiger partial charge < -0.3 is 9.47 Å². The number of aromatic nitrogens is 1. The Morgan fingerprint density at radius 3 is 2.75 bits per heavy atom. The standard InChI is InChI=1S/C16H16N2O2/c1-17-9-4-7-14(17)15(19)11-18-10-8-12-5-2-3-6-13(12)16(18)20/h2-7,9H,8,10-11H2,1H3. The highest BCUT2D eigenvalue weighted by Gasteiger charge is 2.26. The Kier molecular flexibility index (Phi) is 3.14. The topological polar surface area (TPSA) is 42.3 Å². The van der Waals surface area contributed by atoms with Crippen LogP contribution in [0.5, 0.6) is 0 Å². The Bertz CT molecular complexity index is 673. The fourth-order valence-electron chi connectivity index (χ4n) is 2.63. The minimum absolute atomic E-state index is 0.0229. The highest BCUT2D eigenvalue weighted by Crippen LogP contribution is 2.18. The first-order chi connectivity index (χ1) is 9.66. The molecule has 2 heterocycles. The maximum atomic E-state index is 12.4. The van der Waals surface area contributed by atoms with Gasteiger partial charge in [0.2, 0.25) is 0 Å². The largest absolute Gasteiger partial charge is 0.348 e. The van der Waals surface area contributed by atoms with Crippen LogP contribution in [-0.4, -0.2) is 34.2 Å². The molecule has 1 aliphatic heterocycles. The number of ketones is 1. The SMILES string of the molecule is Cn1cccc1C(=O)CN1CCc2ccccc2C1=O. The number of amides is 1. The zero-order valence-corrected chi connectivity index (χ0v) is 11.4. The van der Waals surface area contributed by atoms with Crippen LogP contribution >= 0.6 is 0 Å². The van der Waals surface area contributed by atoms with Gasteiger partial charge in [-0.15, -0.1) is 0 Å². The lowest BCUT2D eigenvalue weighted by atomic mass is 9.99. The Morgan fingerprint density at radius 2 is 2.00 bits per heavy atom. The van der Waals surface area contributed by atoms with Crippen LogP contribution in [0.4, 0.5) is 0 Å². The number of Topliss-reactive ketones (excluding diaryl/α,β-unsaturated/α-hetero) is 1.